The lowest BCUT2D eigenvalue weighted by Gasteiger charge is -2.13. The Kier molecular flexibility index (Phi) is 9.81. The smallest absolute Gasteiger partial charge is 0.0493 e. The Labute approximate surface area is 195 Å². The molecule has 0 aliphatic heterocycles. The maximum Gasteiger partial charge on any atom is 0.0493 e. The standard InChI is InChI=1S/C27H32N2.C3H6/c1-6-13-23(14-7-2)29-21(5)25(24-16-10-12-18-27(24)29)19-22(8-3)28-26-17-11-9-15-20(26)4;1-3-2/h6,8-9,11-15,17-19,28H,3,7,10,16H2,1-2,4-5H3;3H,1H2,2H3/b13-6-,22-19+,23-14+;. The summed E-state index contributed by atoms with van der Waals surface area (Å²) in [6.45, 7) is 17.9. The predicted molar refractivity (Wildman–Crippen MR) is 145 cm³/mol. The first-order chi connectivity index (χ1) is 15.5. The normalized spacial score (nSPS) is 13.4. The molecule has 1 aliphatic rings. The van der Waals surface area contributed by atoms with E-state index in [4.69, 9.17) is 0 Å². The van der Waals surface area contributed by atoms with Crippen molar-refractivity contribution in [3.8, 4) is 0 Å². The molecular weight excluding hydrogens is 388 g/mol. The van der Waals surface area contributed by atoms with Crippen molar-refractivity contribution in [1.82, 2.24) is 4.57 Å². The Morgan fingerprint density at radius 2 is 1.88 bits per heavy atom. The number of hydrogen-bond acceptors (Lipinski definition) is 1. The second kappa shape index (κ2) is 12.6. The maximum absolute atomic E-state index is 4.05. The van der Waals surface area contributed by atoms with Crippen LogP contribution in [0.15, 0.2) is 79.6 Å². The van der Waals surface area contributed by atoms with E-state index in [1.165, 1.54) is 33.8 Å². The van der Waals surface area contributed by atoms with Gasteiger partial charge in [0.05, 0.1) is 0 Å². The van der Waals surface area contributed by atoms with Crippen LogP contribution in [0.25, 0.3) is 17.8 Å². The van der Waals surface area contributed by atoms with Crippen molar-refractivity contribution in [2.24, 2.45) is 0 Å². The summed E-state index contributed by atoms with van der Waals surface area (Å²) in [6, 6.07) is 8.35. The summed E-state index contributed by atoms with van der Waals surface area (Å²) >= 11 is 0. The van der Waals surface area contributed by atoms with Crippen molar-refractivity contribution in [3.05, 3.63) is 108 Å². The number of anilines is 1. The third-order valence-electron chi connectivity index (χ3n) is 5.39. The largest absolute Gasteiger partial charge is 0.355 e. The first-order valence-electron chi connectivity index (χ1n) is 11.5. The highest BCUT2D eigenvalue weighted by Gasteiger charge is 2.20. The molecule has 0 amide bonds. The van der Waals surface area contributed by atoms with Gasteiger partial charge in [0.15, 0.2) is 0 Å². The van der Waals surface area contributed by atoms with Gasteiger partial charge < -0.3 is 9.88 Å². The average molecular weight is 427 g/mol. The van der Waals surface area contributed by atoms with E-state index in [-0.39, 0.29) is 0 Å². The quantitative estimate of drug-likeness (QED) is 0.346. The summed E-state index contributed by atoms with van der Waals surface area (Å²) in [5, 5.41) is 3.56. The molecule has 168 valence electrons. The fourth-order valence-corrected chi connectivity index (χ4v) is 3.96. The highest BCUT2D eigenvalue weighted by molar-refractivity contribution is 5.76. The number of para-hydroxylation sites is 1. The summed E-state index contributed by atoms with van der Waals surface area (Å²) in [7, 11) is 0. The number of benzene rings is 1. The van der Waals surface area contributed by atoms with Crippen LogP contribution in [0.5, 0.6) is 0 Å². The molecule has 1 aromatic carbocycles. The molecule has 0 bridgehead atoms. The summed E-state index contributed by atoms with van der Waals surface area (Å²) < 4.78 is 2.40. The van der Waals surface area contributed by atoms with E-state index >= 15 is 0 Å². The fourth-order valence-electron chi connectivity index (χ4n) is 3.96. The second-order valence-corrected chi connectivity index (χ2v) is 7.83. The number of nitrogens with zero attached hydrogens (tertiary/aromatic N) is 1. The lowest BCUT2D eigenvalue weighted by atomic mass is 9.98. The fraction of sp³-hybridized carbons (Fsp3) is 0.267. The van der Waals surface area contributed by atoms with Gasteiger partial charge in [-0.05, 0) is 88.5 Å². The molecule has 0 atom stereocenters. The van der Waals surface area contributed by atoms with E-state index in [1.807, 2.05) is 13.0 Å². The number of allylic oxidation sites excluding steroid dienone is 7. The summed E-state index contributed by atoms with van der Waals surface area (Å²) in [5.74, 6) is 0. The lowest BCUT2D eigenvalue weighted by molar-refractivity contribution is 0.957. The van der Waals surface area contributed by atoms with Gasteiger partial charge in [-0.15, -0.1) is 6.58 Å². The van der Waals surface area contributed by atoms with Gasteiger partial charge in [-0.25, -0.2) is 0 Å². The van der Waals surface area contributed by atoms with Gasteiger partial charge in [-0.3, -0.25) is 0 Å². The van der Waals surface area contributed by atoms with Crippen molar-refractivity contribution in [2.75, 3.05) is 5.32 Å². The molecule has 1 aromatic heterocycles. The van der Waals surface area contributed by atoms with Crippen LogP contribution in [0.1, 0.15) is 61.7 Å². The molecule has 1 aliphatic carbocycles. The van der Waals surface area contributed by atoms with Crippen molar-refractivity contribution < 1.29 is 0 Å². The first kappa shape index (κ1) is 25.0. The highest BCUT2D eigenvalue weighted by atomic mass is 15.0. The molecule has 0 saturated heterocycles. The summed E-state index contributed by atoms with van der Waals surface area (Å²) in [6.07, 6.45) is 20.2. The zero-order valence-corrected chi connectivity index (χ0v) is 20.4. The third kappa shape index (κ3) is 5.91. The maximum atomic E-state index is 4.05. The van der Waals surface area contributed by atoms with Crippen molar-refractivity contribution in [1.29, 1.82) is 0 Å². The van der Waals surface area contributed by atoms with E-state index in [2.05, 4.69) is 111 Å². The number of rotatable bonds is 7. The molecular formula is C30H38N2. The minimum atomic E-state index is 1.01. The molecule has 0 radical (unpaired) electrons. The molecule has 3 rings (SSSR count). The second-order valence-electron chi connectivity index (χ2n) is 7.83. The molecule has 1 N–H and O–H groups in total. The molecule has 32 heavy (non-hydrogen) atoms. The van der Waals surface area contributed by atoms with E-state index in [0.717, 1.165) is 30.6 Å². The minimum absolute atomic E-state index is 1.01. The van der Waals surface area contributed by atoms with Crippen LogP contribution in [-0.2, 0) is 6.42 Å². The van der Waals surface area contributed by atoms with Crippen LogP contribution >= 0.6 is 0 Å². The van der Waals surface area contributed by atoms with Crippen LogP contribution < -0.4 is 5.32 Å². The SMILES string of the molecule is C=C/C(=C\c1c2c(n(C(/C=C\C)=C/CC)c1C)C=CCC2)Nc1ccccc1C.C=CC. The Bertz CT molecular complexity index is 1050. The van der Waals surface area contributed by atoms with Gasteiger partial charge in [-0.2, -0.15) is 0 Å². The van der Waals surface area contributed by atoms with Gasteiger partial charge in [-0.1, -0.05) is 56.0 Å². The van der Waals surface area contributed by atoms with Crippen molar-refractivity contribution in [2.45, 2.75) is 53.9 Å². The lowest BCUT2D eigenvalue weighted by Crippen LogP contribution is -2.02. The Balaban J connectivity index is 0.00000114. The molecule has 0 saturated carbocycles. The van der Waals surface area contributed by atoms with Gasteiger partial charge in [0.1, 0.15) is 0 Å². The van der Waals surface area contributed by atoms with Crippen LogP contribution in [0.4, 0.5) is 5.69 Å². The van der Waals surface area contributed by atoms with Gasteiger partial charge in [0.2, 0.25) is 0 Å². The molecule has 0 spiro atoms. The minimum Gasteiger partial charge on any atom is -0.355 e. The van der Waals surface area contributed by atoms with Crippen LogP contribution in [-0.4, -0.2) is 4.57 Å². The first-order valence-corrected chi connectivity index (χ1v) is 11.5. The van der Waals surface area contributed by atoms with Crippen molar-refractivity contribution >= 4 is 23.5 Å². The third-order valence-corrected chi connectivity index (χ3v) is 5.39. The van der Waals surface area contributed by atoms with Crippen LogP contribution in [0.3, 0.4) is 0 Å². The number of aryl methyl sites for hydroxylation is 1. The Hall–Kier alpha value is -3.26. The molecule has 2 aromatic rings. The zero-order valence-electron chi connectivity index (χ0n) is 20.4. The number of hydrogen-bond donors (Lipinski definition) is 1. The topological polar surface area (TPSA) is 17.0 Å². The highest BCUT2D eigenvalue weighted by Crippen LogP contribution is 2.33. The van der Waals surface area contributed by atoms with E-state index in [9.17, 15) is 0 Å². The molecule has 2 nitrogen and oxygen atoms in total. The monoisotopic (exact) mass is 426 g/mol. The van der Waals surface area contributed by atoms with E-state index in [0.29, 0.717) is 0 Å². The average Bonchev–Trinajstić information content (AvgIpc) is 3.06. The van der Waals surface area contributed by atoms with Crippen molar-refractivity contribution in [3.63, 3.8) is 0 Å². The van der Waals surface area contributed by atoms with Gasteiger partial charge in [0, 0.05) is 34.0 Å². The number of fused-ring (bicyclic) bond motifs is 1. The van der Waals surface area contributed by atoms with E-state index in [1.54, 1.807) is 6.08 Å². The molecule has 1 heterocycles. The van der Waals surface area contributed by atoms with Crippen LogP contribution in [0, 0.1) is 13.8 Å². The van der Waals surface area contributed by atoms with E-state index < -0.39 is 0 Å². The molecule has 0 fully saturated rings. The van der Waals surface area contributed by atoms with Gasteiger partial charge >= 0.3 is 0 Å². The predicted octanol–water partition coefficient (Wildman–Crippen LogP) is 8.72. The molecule has 2 heteroatoms. The Morgan fingerprint density at radius 1 is 1.16 bits per heavy atom. The Morgan fingerprint density at radius 3 is 2.50 bits per heavy atom. The summed E-state index contributed by atoms with van der Waals surface area (Å²) in [4.78, 5) is 0. The number of nitrogens with one attached hydrogen (secondary N) is 1. The zero-order chi connectivity index (χ0) is 23.5. The van der Waals surface area contributed by atoms with Gasteiger partial charge in [0.25, 0.3) is 0 Å². The summed E-state index contributed by atoms with van der Waals surface area (Å²) in [5.41, 5.74) is 9.88. The van der Waals surface area contributed by atoms with Crippen LogP contribution in [0.2, 0.25) is 0 Å². The molecule has 0 unspecified atom stereocenters. The number of aromatic nitrogens is 1.